The minimum absolute atomic E-state index is 0.0184. The first-order valence-corrected chi connectivity index (χ1v) is 24.0. The van der Waals surface area contributed by atoms with Gasteiger partial charge < -0.3 is 24.7 Å². The van der Waals surface area contributed by atoms with Crippen LogP contribution < -0.4 is 25.4 Å². The van der Waals surface area contributed by atoms with Crippen LogP contribution in [0.2, 0.25) is 5.02 Å². The van der Waals surface area contributed by atoms with Crippen LogP contribution in [0.1, 0.15) is 85.8 Å². The summed E-state index contributed by atoms with van der Waals surface area (Å²) in [7, 11) is -2.32. The van der Waals surface area contributed by atoms with Crippen LogP contribution in [0.5, 0.6) is 5.75 Å². The molecule has 0 saturated carbocycles. The Morgan fingerprint density at radius 3 is 2.34 bits per heavy atom. The number of carbonyl (C=O) groups excluding carboxylic acids is 6. The van der Waals surface area contributed by atoms with Crippen LogP contribution >= 0.6 is 11.6 Å². The van der Waals surface area contributed by atoms with Gasteiger partial charge in [0.2, 0.25) is 27.7 Å². The van der Waals surface area contributed by atoms with Crippen LogP contribution in [0.3, 0.4) is 0 Å². The van der Waals surface area contributed by atoms with E-state index in [2.05, 4.69) is 25.8 Å². The van der Waals surface area contributed by atoms with E-state index < -0.39 is 57.3 Å². The highest BCUT2D eigenvalue weighted by molar-refractivity contribution is 7.90. The number of para-hydroxylation sites is 1. The summed E-state index contributed by atoms with van der Waals surface area (Å²) in [6, 6.07) is 14.8. The largest absolute Gasteiger partial charge is 0.494 e. The molecule has 2 aliphatic rings. The molecule has 1 fully saturated rings. The summed E-state index contributed by atoms with van der Waals surface area (Å²) < 4.78 is 44.0. The van der Waals surface area contributed by atoms with Crippen molar-refractivity contribution in [1.29, 1.82) is 0 Å². The Labute approximate surface area is 392 Å². The van der Waals surface area contributed by atoms with E-state index >= 15 is 0 Å². The zero-order valence-corrected chi connectivity index (χ0v) is 39.5. The van der Waals surface area contributed by atoms with Gasteiger partial charge in [0, 0.05) is 79.0 Å². The molecule has 4 N–H and O–H groups in total. The van der Waals surface area contributed by atoms with Crippen molar-refractivity contribution in [3.05, 3.63) is 99.0 Å². The number of hydrogen-bond acceptors (Lipinski definition) is 12. The van der Waals surface area contributed by atoms with Crippen molar-refractivity contribution in [3.8, 4) is 16.9 Å². The van der Waals surface area contributed by atoms with Crippen molar-refractivity contribution < 1.29 is 46.7 Å². The normalized spacial score (nSPS) is 15.0. The Balaban J connectivity index is 0.889. The van der Waals surface area contributed by atoms with Gasteiger partial charge in [-0.2, -0.15) is 5.10 Å². The molecule has 0 bridgehead atoms. The van der Waals surface area contributed by atoms with Crippen molar-refractivity contribution in [1.82, 2.24) is 34.6 Å². The number of fused-ring (bicyclic) bond motifs is 2. The molecule has 1 atom stereocenters. The van der Waals surface area contributed by atoms with E-state index in [0.29, 0.717) is 42.5 Å². The van der Waals surface area contributed by atoms with Crippen molar-refractivity contribution in [2.75, 3.05) is 44.0 Å². The standard InChI is InChI=1S/C47H53ClN8O10S/c1-27-24-32(25-28(2)42(27)48)66-21-9-19-55-37(26-31-10-6-11-33(43(31)55)40-29(3)52-54(5)30(40)4)45(60)53-67(63,64)23-18-50-38(57)14-8-20-65-22-17-49-35-13-7-12-34-41(35)47(62)56(46(34)61)36-15-16-39(58)51-44(36)59/h6-7,10-13,24-26,36,49H,8-9,14-23H2,1-5H3,(H,50,57)(H,53,60)(H,51,58,59). The summed E-state index contributed by atoms with van der Waals surface area (Å²) in [6.45, 7) is 8.78. The molecule has 67 heavy (non-hydrogen) atoms. The zero-order chi connectivity index (χ0) is 48.2. The maximum absolute atomic E-state index is 13.9. The highest BCUT2D eigenvalue weighted by atomic mass is 35.5. The minimum atomic E-state index is -4.19. The number of carbonyl (C=O) groups is 6. The molecular weight excluding hydrogens is 904 g/mol. The molecule has 1 unspecified atom stereocenters. The van der Waals surface area contributed by atoms with Crippen molar-refractivity contribution >= 4 is 73.7 Å². The lowest BCUT2D eigenvalue weighted by Gasteiger charge is -2.27. The van der Waals surface area contributed by atoms with E-state index in [1.165, 1.54) is 6.07 Å². The average molecular weight is 958 g/mol. The van der Waals surface area contributed by atoms with Crippen LogP contribution in [-0.2, 0) is 42.7 Å². The maximum atomic E-state index is 13.9. The number of nitrogens with zero attached hydrogens (tertiary/aromatic N) is 4. The molecule has 2 aromatic heterocycles. The number of benzene rings is 3. The monoisotopic (exact) mass is 956 g/mol. The third-order valence-corrected chi connectivity index (χ3v) is 13.6. The second-order valence-electron chi connectivity index (χ2n) is 16.6. The molecule has 0 aliphatic carbocycles. The summed E-state index contributed by atoms with van der Waals surface area (Å²) in [5, 5.41) is 13.9. The lowest BCUT2D eigenvalue weighted by atomic mass is 10.0. The third kappa shape index (κ3) is 10.7. The highest BCUT2D eigenvalue weighted by Gasteiger charge is 2.45. The minimum Gasteiger partial charge on any atom is -0.494 e. The molecule has 5 aromatic rings. The number of anilines is 1. The van der Waals surface area contributed by atoms with E-state index in [9.17, 15) is 37.2 Å². The Hall–Kier alpha value is -6.57. The summed E-state index contributed by atoms with van der Waals surface area (Å²) in [6.07, 6.45) is 0.942. The Kier molecular flexibility index (Phi) is 14.8. The molecule has 6 amide bonds. The number of ether oxygens (including phenoxy) is 2. The Morgan fingerprint density at radius 1 is 0.896 bits per heavy atom. The molecule has 3 aromatic carbocycles. The topological polar surface area (TPSA) is 229 Å². The lowest BCUT2D eigenvalue weighted by molar-refractivity contribution is -0.136. The number of rotatable bonds is 20. The van der Waals surface area contributed by atoms with Crippen LogP contribution in [-0.4, -0.2) is 108 Å². The molecule has 7 rings (SSSR count). The van der Waals surface area contributed by atoms with Crippen molar-refractivity contribution in [2.24, 2.45) is 7.05 Å². The van der Waals surface area contributed by atoms with E-state index in [1.807, 2.05) is 69.6 Å². The fraction of sp³-hybridized carbons (Fsp3) is 0.383. The predicted molar refractivity (Wildman–Crippen MR) is 251 cm³/mol. The molecule has 18 nitrogen and oxygen atoms in total. The summed E-state index contributed by atoms with van der Waals surface area (Å²) in [5.41, 5.74) is 6.88. The van der Waals surface area contributed by atoms with Gasteiger partial charge in [-0.15, -0.1) is 0 Å². The van der Waals surface area contributed by atoms with E-state index in [-0.39, 0.29) is 62.4 Å². The summed E-state index contributed by atoms with van der Waals surface area (Å²) >= 11 is 6.35. The first kappa shape index (κ1) is 48.4. The molecule has 0 spiro atoms. The molecule has 20 heteroatoms. The fourth-order valence-corrected chi connectivity index (χ4v) is 9.50. The number of sulfonamides is 1. The number of aryl methyl sites for hydroxylation is 5. The van der Waals surface area contributed by atoms with Crippen LogP contribution in [0.4, 0.5) is 5.69 Å². The second kappa shape index (κ2) is 20.5. The number of aromatic nitrogens is 3. The third-order valence-electron chi connectivity index (χ3n) is 11.8. The smallest absolute Gasteiger partial charge is 0.281 e. The fourth-order valence-electron chi connectivity index (χ4n) is 8.53. The van der Waals surface area contributed by atoms with E-state index in [4.69, 9.17) is 21.1 Å². The van der Waals surface area contributed by atoms with Gasteiger partial charge in [0.1, 0.15) is 17.5 Å². The Bertz CT molecular complexity index is 2890. The molecule has 2 aliphatic heterocycles. The lowest BCUT2D eigenvalue weighted by Crippen LogP contribution is -2.54. The number of nitrogens with one attached hydrogen (secondary N) is 4. The average Bonchev–Trinajstić information content (AvgIpc) is 3.87. The van der Waals surface area contributed by atoms with Gasteiger partial charge in [0.15, 0.2) is 0 Å². The zero-order valence-electron chi connectivity index (χ0n) is 37.9. The van der Waals surface area contributed by atoms with Gasteiger partial charge in [-0.3, -0.25) is 43.7 Å². The van der Waals surface area contributed by atoms with Crippen LogP contribution in [0.25, 0.3) is 22.0 Å². The van der Waals surface area contributed by atoms with Crippen molar-refractivity contribution in [3.63, 3.8) is 0 Å². The molecule has 4 heterocycles. The molecule has 354 valence electrons. The van der Waals surface area contributed by atoms with Gasteiger partial charge in [-0.1, -0.05) is 35.9 Å². The SMILES string of the molecule is Cc1cc(OCCCn2c(C(=O)NS(=O)(=O)CCNC(=O)CCCOCCNc3cccc4c3C(=O)N(C3CCC(=O)NC3=O)C4=O)cc3cccc(-c4c(C)nn(C)c4C)c32)cc(C)c1Cl. The molecule has 0 radical (unpaired) electrons. The van der Waals surface area contributed by atoms with Gasteiger partial charge in [-0.05, 0) is 88.4 Å². The molecule has 1 saturated heterocycles. The molecular formula is C47H53ClN8O10S. The second-order valence-corrected chi connectivity index (χ2v) is 18.8. The maximum Gasteiger partial charge on any atom is 0.281 e. The predicted octanol–water partition coefficient (Wildman–Crippen LogP) is 4.88. The number of piperidine rings is 1. The van der Waals surface area contributed by atoms with Crippen LogP contribution in [0.15, 0.2) is 54.6 Å². The summed E-state index contributed by atoms with van der Waals surface area (Å²) in [4.78, 5) is 77.8. The first-order chi connectivity index (χ1) is 32.0. The van der Waals surface area contributed by atoms with Gasteiger partial charge in [-0.25, -0.2) is 13.1 Å². The highest BCUT2D eigenvalue weighted by Crippen LogP contribution is 2.36. The van der Waals surface area contributed by atoms with Crippen LogP contribution in [0, 0.1) is 27.7 Å². The Morgan fingerprint density at radius 2 is 1.63 bits per heavy atom. The van der Waals surface area contributed by atoms with E-state index in [1.54, 1.807) is 22.9 Å². The first-order valence-electron chi connectivity index (χ1n) is 22.0. The summed E-state index contributed by atoms with van der Waals surface area (Å²) in [5.74, 6) is -3.45. The number of amides is 6. The quantitative estimate of drug-likeness (QED) is 0.0605. The van der Waals surface area contributed by atoms with Gasteiger partial charge in [0.05, 0.1) is 41.3 Å². The number of imide groups is 2. The van der Waals surface area contributed by atoms with Gasteiger partial charge >= 0.3 is 0 Å². The van der Waals surface area contributed by atoms with Crippen molar-refractivity contribution in [2.45, 2.75) is 72.4 Å². The number of halogens is 1. The van der Waals surface area contributed by atoms with E-state index in [0.717, 1.165) is 49.4 Å². The van der Waals surface area contributed by atoms with Gasteiger partial charge in [0.25, 0.3) is 17.7 Å². The number of hydrogen-bond donors (Lipinski definition) is 4.